The number of cyclic esters (lactones) is 4. The van der Waals surface area contributed by atoms with E-state index in [9.17, 15) is 24.0 Å². The van der Waals surface area contributed by atoms with E-state index in [-0.39, 0.29) is 24.2 Å². The monoisotopic (exact) mass is 746 g/mol. The molecule has 0 saturated carbocycles. The van der Waals surface area contributed by atoms with Gasteiger partial charge < -0.3 is 39.1 Å². The van der Waals surface area contributed by atoms with Crippen LogP contribution in [0.5, 0.6) is 5.75 Å². The summed E-state index contributed by atoms with van der Waals surface area (Å²) in [6.45, 7) is 8.66. The molecule has 2 aliphatic rings. The van der Waals surface area contributed by atoms with E-state index in [1.807, 2.05) is 24.3 Å². The number of benzene rings is 2. The number of hydrogen-bond acceptors (Lipinski definition) is 13. The van der Waals surface area contributed by atoms with Gasteiger partial charge in [0.25, 0.3) is 11.6 Å². The first kappa shape index (κ1) is 41.2. The molecule has 0 spiro atoms. The van der Waals surface area contributed by atoms with Gasteiger partial charge >= 0.3 is 29.8 Å². The number of ether oxygens (including phenoxy) is 6. The average Bonchev–Trinajstić information content (AvgIpc) is 3.09. The van der Waals surface area contributed by atoms with Gasteiger partial charge in [-0.15, -0.1) is 0 Å². The molecular weight excluding hydrogens is 696 g/mol. The van der Waals surface area contributed by atoms with Crippen molar-refractivity contribution >= 4 is 47.3 Å². The smallest absolute Gasteiger partial charge is 0.350 e. The fourth-order valence-corrected chi connectivity index (χ4v) is 5.46. The van der Waals surface area contributed by atoms with Crippen LogP contribution in [0.2, 0.25) is 0 Å². The Labute approximate surface area is 316 Å². The maximum atomic E-state index is 12.5. The standard InChI is InChI=1S/C41H50N2O11/c1-6-7-8-9-10-11-12-13-23-49-31-19-14-28(15-20-31)16-21-35(44)50-24-22-29-17-18-30(42-26-32-36(45)51-40(2,3)52-37(32)46)25-34(29)43-27-33-38(47)53-41(4,5)54-39(33)48/h14-21,25-27,42-43H,6-13,22-24H2,1-5H3/b21-16+. The molecule has 54 heavy (non-hydrogen) atoms. The van der Waals surface area contributed by atoms with Crippen molar-refractivity contribution < 1.29 is 52.4 Å². The van der Waals surface area contributed by atoms with Gasteiger partial charge in [0.1, 0.15) is 5.75 Å². The van der Waals surface area contributed by atoms with E-state index in [0.29, 0.717) is 23.5 Å². The number of rotatable bonds is 19. The summed E-state index contributed by atoms with van der Waals surface area (Å²) < 4.78 is 31.9. The molecule has 13 nitrogen and oxygen atoms in total. The molecule has 4 rings (SSSR count). The van der Waals surface area contributed by atoms with Crippen LogP contribution >= 0.6 is 0 Å². The van der Waals surface area contributed by atoms with Gasteiger partial charge in [-0.1, -0.05) is 70.1 Å². The quantitative estimate of drug-likeness (QED) is 0.0485. The molecule has 0 aliphatic carbocycles. The fraction of sp³-hybridized carbons (Fsp3) is 0.439. The van der Waals surface area contributed by atoms with E-state index >= 15 is 0 Å². The summed E-state index contributed by atoms with van der Waals surface area (Å²) in [5.74, 6) is -6.02. The van der Waals surface area contributed by atoms with Gasteiger partial charge in [0, 0.05) is 64.0 Å². The van der Waals surface area contributed by atoms with E-state index in [1.165, 1.54) is 72.3 Å². The molecule has 0 amide bonds. The summed E-state index contributed by atoms with van der Waals surface area (Å²) in [4.78, 5) is 62.3. The van der Waals surface area contributed by atoms with Crippen LogP contribution in [0.3, 0.4) is 0 Å². The number of unbranched alkanes of at least 4 members (excludes halogenated alkanes) is 7. The maximum Gasteiger partial charge on any atom is 0.350 e. The van der Waals surface area contributed by atoms with Gasteiger partial charge in [0.05, 0.1) is 13.2 Å². The van der Waals surface area contributed by atoms with Gasteiger partial charge in [-0.2, -0.15) is 0 Å². The predicted octanol–water partition coefficient (Wildman–Crippen LogP) is 7.27. The molecule has 13 heteroatoms. The van der Waals surface area contributed by atoms with E-state index < -0.39 is 41.4 Å². The molecule has 0 unspecified atom stereocenters. The van der Waals surface area contributed by atoms with Gasteiger partial charge in [-0.05, 0) is 47.9 Å². The van der Waals surface area contributed by atoms with E-state index in [1.54, 1.807) is 24.3 Å². The van der Waals surface area contributed by atoms with Crippen LogP contribution in [0.4, 0.5) is 11.4 Å². The van der Waals surface area contributed by atoms with Crippen molar-refractivity contribution in [1.82, 2.24) is 0 Å². The lowest BCUT2D eigenvalue weighted by atomic mass is 10.1. The molecule has 2 N–H and O–H groups in total. The molecule has 0 atom stereocenters. The highest BCUT2D eigenvalue weighted by atomic mass is 16.7. The number of carbonyl (C=O) groups is 5. The summed E-state index contributed by atoms with van der Waals surface area (Å²) in [7, 11) is 0. The normalized spacial score (nSPS) is 16.2. The first-order chi connectivity index (χ1) is 25.7. The minimum absolute atomic E-state index is 0.00249. The van der Waals surface area contributed by atoms with Crippen molar-refractivity contribution in [2.45, 2.75) is 104 Å². The van der Waals surface area contributed by atoms with Crippen LogP contribution in [0, 0.1) is 0 Å². The SMILES string of the molecule is CCCCCCCCCCOc1ccc(/C=C/C(=O)OCCc2ccc(NC=C3C(=O)OC(C)(C)OC3=O)cc2NC=C2C(=O)OC(C)(C)OC2=O)cc1. The first-order valence-corrected chi connectivity index (χ1v) is 18.3. The lowest BCUT2D eigenvalue weighted by Crippen LogP contribution is -2.42. The predicted molar refractivity (Wildman–Crippen MR) is 201 cm³/mol. The van der Waals surface area contributed by atoms with Crippen LogP contribution in [-0.2, 0) is 54.1 Å². The van der Waals surface area contributed by atoms with Gasteiger partial charge in [-0.3, -0.25) is 0 Å². The third-order valence-electron chi connectivity index (χ3n) is 8.27. The summed E-state index contributed by atoms with van der Waals surface area (Å²) in [5, 5.41) is 5.79. The topological polar surface area (TPSA) is 165 Å². The van der Waals surface area contributed by atoms with Crippen LogP contribution in [0.25, 0.3) is 6.08 Å². The first-order valence-electron chi connectivity index (χ1n) is 18.3. The highest BCUT2D eigenvalue weighted by Crippen LogP contribution is 2.27. The van der Waals surface area contributed by atoms with Crippen LogP contribution in [-0.4, -0.2) is 54.6 Å². The maximum absolute atomic E-state index is 12.5. The molecule has 2 fully saturated rings. The van der Waals surface area contributed by atoms with Crippen molar-refractivity contribution in [1.29, 1.82) is 0 Å². The van der Waals surface area contributed by atoms with Gasteiger partial charge in [-0.25, -0.2) is 24.0 Å². The van der Waals surface area contributed by atoms with E-state index in [2.05, 4.69) is 17.6 Å². The largest absolute Gasteiger partial charge is 0.494 e. The molecule has 2 aliphatic heterocycles. The summed E-state index contributed by atoms with van der Waals surface area (Å²) in [6.07, 6.45) is 15.4. The number of anilines is 2. The van der Waals surface area contributed by atoms with Crippen molar-refractivity contribution in [3.8, 4) is 5.75 Å². The van der Waals surface area contributed by atoms with Gasteiger partial charge in [0.2, 0.25) is 0 Å². The Bertz CT molecular complexity index is 1710. The molecule has 2 heterocycles. The zero-order chi connectivity index (χ0) is 39.1. The number of esters is 5. The Morgan fingerprint density at radius 2 is 1.22 bits per heavy atom. The molecule has 2 aromatic carbocycles. The molecular formula is C41H50N2O11. The summed E-state index contributed by atoms with van der Waals surface area (Å²) >= 11 is 0. The average molecular weight is 747 g/mol. The zero-order valence-corrected chi connectivity index (χ0v) is 31.6. The molecule has 0 aromatic heterocycles. The van der Waals surface area contributed by atoms with Crippen molar-refractivity contribution in [2.75, 3.05) is 23.8 Å². The van der Waals surface area contributed by atoms with Crippen LogP contribution in [0.1, 0.15) is 97.1 Å². The van der Waals surface area contributed by atoms with E-state index in [4.69, 9.17) is 28.4 Å². The van der Waals surface area contributed by atoms with Crippen LogP contribution in [0.15, 0.2) is 72.1 Å². The Morgan fingerprint density at radius 3 is 1.80 bits per heavy atom. The molecule has 290 valence electrons. The summed E-state index contributed by atoms with van der Waals surface area (Å²) in [5.41, 5.74) is 1.56. The highest BCUT2D eigenvalue weighted by molar-refractivity contribution is 6.16. The van der Waals surface area contributed by atoms with E-state index in [0.717, 1.165) is 36.6 Å². The fourth-order valence-electron chi connectivity index (χ4n) is 5.46. The highest BCUT2D eigenvalue weighted by Gasteiger charge is 2.40. The lowest BCUT2D eigenvalue weighted by molar-refractivity contribution is -0.224. The Balaban J connectivity index is 1.33. The second-order valence-electron chi connectivity index (χ2n) is 13.8. The number of nitrogens with one attached hydrogen (secondary N) is 2. The summed E-state index contributed by atoms with van der Waals surface area (Å²) in [6, 6.07) is 12.4. The number of hydrogen-bond donors (Lipinski definition) is 2. The molecule has 2 saturated heterocycles. The number of carbonyl (C=O) groups excluding carboxylic acids is 5. The molecule has 0 bridgehead atoms. The second kappa shape index (κ2) is 19.5. The van der Waals surface area contributed by atoms with Gasteiger partial charge in [0.15, 0.2) is 11.1 Å². The Morgan fingerprint density at radius 1 is 0.685 bits per heavy atom. The van der Waals surface area contributed by atoms with Crippen molar-refractivity contribution in [3.05, 3.63) is 83.2 Å². The zero-order valence-electron chi connectivity index (χ0n) is 31.6. The Hall–Kier alpha value is -5.59. The third-order valence-corrected chi connectivity index (χ3v) is 8.27. The Kier molecular flexibility index (Phi) is 14.8. The van der Waals surface area contributed by atoms with Crippen LogP contribution < -0.4 is 15.4 Å². The third kappa shape index (κ3) is 13.1. The van der Waals surface area contributed by atoms with Crippen molar-refractivity contribution in [3.63, 3.8) is 0 Å². The molecule has 2 aromatic rings. The lowest BCUT2D eigenvalue weighted by Gasteiger charge is -2.29. The minimum atomic E-state index is -1.41. The molecule has 0 radical (unpaired) electrons. The minimum Gasteiger partial charge on any atom is -0.494 e. The second-order valence-corrected chi connectivity index (χ2v) is 13.8. The van der Waals surface area contributed by atoms with Crippen molar-refractivity contribution in [2.24, 2.45) is 0 Å².